The van der Waals surface area contributed by atoms with Crippen LogP contribution in [0.4, 0.5) is 0 Å². The van der Waals surface area contributed by atoms with Crippen LogP contribution in [0.15, 0.2) is 4.40 Å². The molecule has 0 radical (unpaired) electrons. The van der Waals surface area contributed by atoms with Crippen LogP contribution in [0.25, 0.3) is 0 Å². The smallest absolute Gasteiger partial charge is 0.144 e. The minimum Gasteiger partial charge on any atom is -0.591 e. The van der Waals surface area contributed by atoms with Gasteiger partial charge < -0.3 is 4.55 Å². The summed E-state index contributed by atoms with van der Waals surface area (Å²) in [4.78, 5) is 0. The third kappa shape index (κ3) is 3.54. The zero-order chi connectivity index (χ0) is 7.49. The third-order valence-corrected chi connectivity index (χ3v) is 2.18. The van der Waals surface area contributed by atoms with Crippen molar-refractivity contribution in [1.82, 2.24) is 0 Å². The van der Waals surface area contributed by atoms with Crippen molar-refractivity contribution in [1.29, 1.82) is 0 Å². The Morgan fingerprint density at radius 1 is 1.44 bits per heavy atom. The van der Waals surface area contributed by atoms with Crippen molar-refractivity contribution in [3.05, 3.63) is 0 Å². The molecule has 0 fully saturated rings. The van der Waals surface area contributed by atoms with Gasteiger partial charge in [0.25, 0.3) is 0 Å². The molecule has 0 aromatic carbocycles. The van der Waals surface area contributed by atoms with Gasteiger partial charge in [0, 0.05) is 0 Å². The lowest BCUT2D eigenvalue weighted by Gasteiger charge is -2.17. The second kappa shape index (κ2) is 3.22. The number of rotatable bonds is 1. The lowest BCUT2D eigenvalue weighted by Crippen LogP contribution is -2.25. The fourth-order valence-corrected chi connectivity index (χ4v) is 0.762. The van der Waals surface area contributed by atoms with E-state index in [1.807, 2.05) is 20.8 Å². The van der Waals surface area contributed by atoms with Gasteiger partial charge in [0.2, 0.25) is 0 Å². The van der Waals surface area contributed by atoms with Gasteiger partial charge in [0.1, 0.15) is 16.1 Å². The van der Waals surface area contributed by atoms with Gasteiger partial charge in [-0.05, 0) is 27.7 Å². The molecule has 1 atom stereocenters. The van der Waals surface area contributed by atoms with E-state index in [1.165, 1.54) is 0 Å². The van der Waals surface area contributed by atoms with E-state index in [9.17, 15) is 4.55 Å². The first-order chi connectivity index (χ1) is 3.98. The molecule has 0 rings (SSSR count). The van der Waals surface area contributed by atoms with Crippen LogP contribution in [0.5, 0.6) is 0 Å². The Labute approximate surface area is 59.7 Å². The van der Waals surface area contributed by atoms with Crippen molar-refractivity contribution in [3.63, 3.8) is 0 Å². The van der Waals surface area contributed by atoms with Gasteiger partial charge in [-0.25, -0.2) is 0 Å². The van der Waals surface area contributed by atoms with Crippen LogP contribution in [0, 0.1) is 0 Å². The van der Waals surface area contributed by atoms with E-state index in [0.29, 0.717) is 0 Å². The standard InChI is InChI=1S/C6H13NOS/c1-5-7-9(8)6(2,3)4/h5H,1-4H3/b7-5+/t9-/m1/s1. The van der Waals surface area contributed by atoms with Crippen LogP contribution >= 0.6 is 0 Å². The molecule has 0 saturated carbocycles. The maximum Gasteiger partial charge on any atom is 0.144 e. The molecule has 0 saturated heterocycles. The van der Waals surface area contributed by atoms with Crippen LogP contribution in [-0.2, 0) is 11.4 Å². The number of hydrogen-bond acceptors (Lipinski definition) is 2. The Balaban J connectivity index is 3.88. The van der Waals surface area contributed by atoms with E-state index in [-0.39, 0.29) is 4.75 Å². The number of nitrogens with zero attached hydrogens (tertiary/aromatic N) is 1. The summed E-state index contributed by atoms with van der Waals surface area (Å²) in [5, 5.41) is 0. The van der Waals surface area contributed by atoms with Gasteiger partial charge in [0.05, 0.1) is 6.21 Å². The van der Waals surface area contributed by atoms with Gasteiger partial charge in [-0.2, -0.15) is 0 Å². The highest BCUT2D eigenvalue weighted by atomic mass is 32.2. The molecular weight excluding hydrogens is 134 g/mol. The molecule has 0 aromatic heterocycles. The lowest BCUT2D eigenvalue weighted by molar-refractivity contribution is 0.562. The second-order valence-electron chi connectivity index (χ2n) is 2.73. The van der Waals surface area contributed by atoms with E-state index in [0.717, 1.165) is 0 Å². The topological polar surface area (TPSA) is 35.4 Å². The van der Waals surface area contributed by atoms with E-state index in [1.54, 1.807) is 13.1 Å². The van der Waals surface area contributed by atoms with Gasteiger partial charge in [0.15, 0.2) is 0 Å². The van der Waals surface area contributed by atoms with E-state index in [2.05, 4.69) is 4.40 Å². The second-order valence-corrected chi connectivity index (χ2v) is 4.66. The Morgan fingerprint density at radius 3 is 2.00 bits per heavy atom. The molecular formula is C6H13NOS. The molecule has 0 N–H and O–H groups in total. The molecule has 0 amide bonds. The fraction of sp³-hybridized carbons (Fsp3) is 0.833. The molecule has 9 heavy (non-hydrogen) atoms. The normalized spacial score (nSPS) is 16.6. The van der Waals surface area contributed by atoms with Crippen molar-refractivity contribution in [2.75, 3.05) is 0 Å². The Hall–Kier alpha value is -0.0200. The highest BCUT2D eigenvalue weighted by molar-refractivity contribution is 7.91. The quantitative estimate of drug-likeness (QED) is 0.409. The van der Waals surface area contributed by atoms with E-state index < -0.39 is 11.4 Å². The summed E-state index contributed by atoms with van der Waals surface area (Å²) in [7, 11) is 0. The molecule has 0 spiro atoms. The van der Waals surface area contributed by atoms with Crippen molar-refractivity contribution < 1.29 is 4.55 Å². The molecule has 0 aromatic rings. The van der Waals surface area contributed by atoms with Gasteiger partial charge >= 0.3 is 0 Å². The van der Waals surface area contributed by atoms with Gasteiger partial charge in [-0.3, -0.25) is 0 Å². The summed E-state index contributed by atoms with van der Waals surface area (Å²) in [5.41, 5.74) is 0. The average Bonchev–Trinajstić information content (AvgIpc) is 1.64. The summed E-state index contributed by atoms with van der Waals surface area (Å²) >= 11 is -1.07. The Kier molecular flexibility index (Phi) is 3.22. The van der Waals surface area contributed by atoms with E-state index in [4.69, 9.17) is 0 Å². The van der Waals surface area contributed by atoms with Crippen LogP contribution in [0.2, 0.25) is 0 Å². The zero-order valence-corrected chi connectivity index (χ0v) is 7.16. The predicted molar refractivity (Wildman–Crippen MR) is 42.1 cm³/mol. The van der Waals surface area contributed by atoms with Crippen molar-refractivity contribution in [2.24, 2.45) is 4.40 Å². The van der Waals surface area contributed by atoms with E-state index >= 15 is 0 Å². The first-order valence-electron chi connectivity index (χ1n) is 2.89. The summed E-state index contributed by atoms with van der Waals surface area (Å²) < 4.78 is 14.5. The monoisotopic (exact) mass is 147 g/mol. The first-order valence-corrected chi connectivity index (χ1v) is 4.00. The molecule has 3 heteroatoms. The molecule has 0 unspecified atom stereocenters. The zero-order valence-electron chi connectivity index (χ0n) is 6.34. The highest BCUT2D eigenvalue weighted by Crippen LogP contribution is 2.15. The molecule has 0 aliphatic rings. The molecule has 54 valence electrons. The Bertz CT molecular complexity index is 106. The van der Waals surface area contributed by atoms with Crippen molar-refractivity contribution in [3.8, 4) is 0 Å². The predicted octanol–water partition coefficient (Wildman–Crippen LogP) is 1.54. The largest absolute Gasteiger partial charge is 0.591 e. The summed E-state index contributed by atoms with van der Waals surface area (Å²) in [5.74, 6) is 0. The SMILES string of the molecule is C/C=N/[S@+]([O-])C(C)(C)C. The van der Waals surface area contributed by atoms with Crippen molar-refractivity contribution in [2.45, 2.75) is 32.4 Å². The van der Waals surface area contributed by atoms with Crippen LogP contribution in [0.1, 0.15) is 27.7 Å². The molecule has 0 bridgehead atoms. The minimum atomic E-state index is -1.07. The summed E-state index contributed by atoms with van der Waals surface area (Å²) in [6, 6.07) is 0. The highest BCUT2D eigenvalue weighted by Gasteiger charge is 2.25. The fourth-order valence-electron chi connectivity index (χ4n) is 0.254. The number of hydrogen-bond donors (Lipinski definition) is 0. The summed E-state index contributed by atoms with van der Waals surface area (Å²) in [6.07, 6.45) is 1.57. The van der Waals surface area contributed by atoms with Gasteiger partial charge in [-0.15, -0.1) is 0 Å². The van der Waals surface area contributed by atoms with Crippen LogP contribution in [-0.4, -0.2) is 15.5 Å². The first kappa shape index (κ1) is 8.98. The minimum absolute atomic E-state index is 0.216. The van der Waals surface area contributed by atoms with Crippen molar-refractivity contribution >= 4 is 17.6 Å². The average molecular weight is 147 g/mol. The maximum atomic E-state index is 11.0. The summed E-state index contributed by atoms with van der Waals surface area (Å²) in [6.45, 7) is 7.46. The van der Waals surface area contributed by atoms with Crippen LogP contribution in [0.3, 0.4) is 0 Å². The molecule has 0 aliphatic heterocycles. The van der Waals surface area contributed by atoms with Crippen LogP contribution < -0.4 is 0 Å². The van der Waals surface area contributed by atoms with Gasteiger partial charge in [-0.1, -0.05) is 4.40 Å². The molecule has 0 heterocycles. The maximum absolute atomic E-state index is 11.0. The molecule has 2 nitrogen and oxygen atoms in total. The molecule has 0 aliphatic carbocycles. The lowest BCUT2D eigenvalue weighted by atomic mass is 10.3. The Morgan fingerprint density at radius 2 is 1.89 bits per heavy atom. The third-order valence-electron chi connectivity index (χ3n) is 0.725.